The zero-order valence-corrected chi connectivity index (χ0v) is 14.1. The number of para-hydroxylation sites is 1. The van der Waals surface area contributed by atoms with Crippen molar-refractivity contribution in [2.24, 2.45) is 0 Å². The lowest BCUT2D eigenvalue weighted by molar-refractivity contribution is 0.432. The second-order valence-corrected chi connectivity index (χ2v) is 7.97. The molecule has 24 heavy (non-hydrogen) atoms. The predicted molar refractivity (Wildman–Crippen MR) is 95.5 cm³/mol. The maximum absolute atomic E-state index is 12.9. The molecule has 1 fully saturated rings. The van der Waals surface area contributed by atoms with Crippen molar-refractivity contribution in [2.45, 2.75) is 11.3 Å². The molecule has 0 saturated carbocycles. The standard InChI is InChI=1S/C18H19N3O2S/c22-24(23,21-10-3-8-19-9-11-21)15-6-7-16-14(12-15)13-20-18-5-2-1-4-17(16)18/h1-2,4-7,12-13,19H,3,8-11H2. The van der Waals surface area contributed by atoms with E-state index in [1.807, 2.05) is 30.3 Å². The molecule has 1 aliphatic rings. The van der Waals surface area contributed by atoms with E-state index in [0.29, 0.717) is 24.5 Å². The number of pyridine rings is 1. The fourth-order valence-electron chi connectivity index (χ4n) is 3.22. The first-order chi connectivity index (χ1) is 11.7. The SMILES string of the molecule is O=S(=O)(c1ccc2c(cnc3ccccc32)c1)N1CCCNCC1. The number of nitrogens with zero attached hydrogens (tertiary/aromatic N) is 2. The van der Waals surface area contributed by atoms with Crippen molar-refractivity contribution < 1.29 is 8.42 Å². The minimum atomic E-state index is -3.46. The molecule has 5 nitrogen and oxygen atoms in total. The smallest absolute Gasteiger partial charge is 0.243 e. The number of fused-ring (bicyclic) bond motifs is 3. The van der Waals surface area contributed by atoms with Crippen LogP contribution in [-0.4, -0.2) is 43.9 Å². The molecule has 2 aromatic carbocycles. The normalized spacial score (nSPS) is 17.2. The van der Waals surface area contributed by atoms with Gasteiger partial charge in [-0.2, -0.15) is 4.31 Å². The molecule has 124 valence electrons. The first-order valence-corrected chi connectivity index (χ1v) is 9.59. The van der Waals surface area contributed by atoms with Crippen LogP contribution in [0, 0.1) is 0 Å². The van der Waals surface area contributed by atoms with Crippen LogP contribution in [0.5, 0.6) is 0 Å². The Bertz CT molecular complexity index is 993. The summed E-state index contributed by atoms with van der Waals surface area (Å²) < 4.78 is 27.4. The van der Waals surface area contributed by atoms with Gasteiger partial charge in [0, 0.05) is 36.6 Å². The van der Waals surface area contributed by atoms with Crippen LogP contribution in [0.4, 0.5) is 0 Å². The van der Waals surface area contributed by atoms with E-state index >= 15 is 0 Å². The van der Waals surface area contributed by atoms with E-state index in [1.54, 1.807) is 22.6 Å². The Morgan fingerprint density at radius 1 is 1.00 bits per heavy atom. The van der Waals surface area contributed by atoms with E-state index in [2.05, 4.69) is 10.3 Å². The second kappa shape index (κ2) is 6.12. The predicted octanol–water partition coefficient (Wildman–Crippen LogP) is 2.37. The summed E-state index contributed by atoms with van der Waals surface area (Å²) in [6, 6.07) is 13.2. The van der Waals surface area contributed by atoms with Gasteiger partial charge >= 0.3 is 0 Å². The Hall–Kier alpha value is -2.02. The van der Waals surface area contributed by atoms with Crippen LogP contribution in [0.3, 0.4) is 0 Å². The fraction of sp³-hybridized carbons (Fsp3) is 0.278. The van der Waals surface area contributed by atoms with Gasteiger partial charge in [0.15, 0.2) is 0 Å². The summed E-state index contributed by atoms with van der Waals surface area (Å²) in [7, 11) is -3.46. The van der Waals surface area contributed by atoms with Gasteiger partial charge in [-0.05, 0) is 36.6 Å². The van der Waals surface area contributed by atoms with Crippen molar-refractivity contribution in [1.29, 1.82) is 0 Å². The van der Waals surface area contributed by atoms with E-state index in [4.69, 9.17) is 0 Å². The van der Waals surface area contributed by atoms with Crippen molar-refractivity contribution >= 4 is 31.7 Å². The summed E-state index contributed by atoms with van der Waals surface area (Å²) in [4.78, 5) is 4.78. The average Bonchev–Trinajstić information content (AvgIpc) is 2.91. The number of hydrogen-bond donors (Lipinski definition) is 1. The van der Waals surface area contributed by atoms with Crippen LogP contribution in [0.1, 0.15) is 6.42 Å². The highest BCUT2D eigenvalue weighted by atomic mass is 32.2. The van der Waals surface area contributed by atoms with Gasteiger partial charge in [-0.1, -0.05) is 24.3 Å². The minimum absolute atomic E-state index is 0.342. The van der Waals surface area contributed by atoms with Crippen LogP contribution >= 0.6 is 0 Å². The first kappa shape index (κ1) is 15.5. The largest absolute Gasteiger partial charge is 0.315 e. The van der Waals surface area contributed by atoms with E-state index in [1.165, 1.54) is 0 Å². The molecule has 1 N–H and O–H groups in total. The molecular weight excluding hydrogens is 322 g/mol. The molecule has 0 radical (unpaired) electrons. The minimum Gasteiger partial charge on any atom is -0.315 e. The highest BCUT2D eigenvalue weighted by Crippen LogP contribution is 2.27. The number of sulfonamides is 1. The number of benzene rings is 2. The Kier molecular flexibility index (Phi) is 3.96. The van der Waals surface area contributed by atoms with Crippen molar-refractivity contribution in [2.75, 3.05) is 26.2 Å². The molecule has 0 atom stereocenters. The second-order valence-electron chi connectivity index (χ2n) is 6.03. The van der Waals surface area contributed by atoms with Crippen molar-refractivity contribution in [1.82, 2.24) is 14.6 Å². The lowest BCUT2D eigenvalue weighted by Gasteiger charge is -2.20. The Labute approximate surface area is 141 Å². The highest BCUT2D eigenvalue weighted by molar-refractivity contribution is 7.89. The lowest BCUT2D eigenvalue weighted by Crippen LogP contribution is -2.34. The number of aromatic nitrogens is 1. The summed E-state index contributed by atoms with van der Waals surface area (Å²) in [5, 5.41) is 6.15. The van der Waals surface area contributed by atoms with E-state index < -0.39 is 10.0 Å². The zero-order chi connectivity index (χ0) is 16.6. The average molecular weight is 341 g/mol. The van der Waals surface area contributed by atoms with Gasteiger partial charge in [-0.3, -0.25) is 4.98 Å². The molecule has 2 heterocycles. The molecule has 0 unspecified atom stereocenters. The van der Waals surface area contributed by atoms with Crippen LogP contribution in [0.15, 0.2) is 53.6 Å². The number of hydrogen-bond acceptors (Lipinski definition) is 4. The third-order valence-corrected chi connectivity index (χ3v) is 6.39. The van der Waals surface area contributed by atoms with E-state index in [9.17, 15) is 8.42 Å². The summed E-state index contributed by atoms with van der Waals surface area (Å²) in [5.41, 5.74) is 0.916. The maximum atomic E-state index is 12.9. The molecule has 0 aliphatic carbocycles. The summed E-state index contributed by atoms with van der Waals surface area (Å²) in [5.74, 6) is 0. The van der Waals surface area contributed by atoms with Gasteiger partial charge in [0.25, 0.3) is 0 Å². The van der Waals surface area contributed by atoms with Crippen LogP contribution in [0.25, 0.3) is 21.7 Å². The number of rotatable bonds is 2. The molecule has 3 aromatic rings. The first-order valence-electron chi connectivity index (χ1n) is 8.15. The molecule has 1 aliphatic heterocycles. The third kappa shape index (κ3) is 2.66. The molecule has 4 rings (SSSR count). The Morgan fingerprint density at radius 2 is 1.88 bits per heavy atom. The Morgan fingerprint density at radius 3 is 2.79 bits per heavy atom. The quantitative estimate of drug-likeness (QED) is 0.727. The summed E-state index contributed by atoms with van der Waals surface area (Å²) in [6.07, 6.45) is 2.58. The van der Waals surface area contributed by atoms with Gasteiger partial charge in [-0.25, -0.2) is 8.42 Å². The van der Waals surface area contributed by atoms with E-state index in [0.717, 1.165) is 34.6 Å². The van der Waals surface area contributed by atoms with Crippen molar-refractivity contribution in [3.8, 4) is 0 Å². The molecule has 1 aromatic heterocycles. The molecule has 0 amide bonds. The molecule has 1 saturated heterocycles. The van der Waals surface area contributed by atoms with Crippen LogP contribution in [-0.2, 0) is 10.0 Å². The van der Waals surface area contributed by atoms with Gasteiger partial charge in [0.1, 0.15) is 0 Å². The fourth-order valence-corrected chi connectivity index (χ4v) is 4.73. The topological polar surface area (TPSA) is 62.3 Å². The van der Waals surface area contributed by atoms with Crippen molar-refractivity contribution in [3.05, 3.63) is 48.7 Å². The Balaban J connectivity index is 1.81. The van der Waals surface area contributed by atoms with Crippen molar-refractivity contribution in [3.63, 3.8) is 0 Å². The van der Waals surface area contributed by atoms with Crippen LogP contribution in [0.2, 0.25) is 0 Å². The summed E-state index contributed by atoms with van der Waals surface area (Å²) in [6.45, 7) is 2.62. The van der Waals surface area contributed by atoms with Gasteiger partial charge < -0.3 is 5.32 Å². The van der Waals surface area contributed by atoms with Gasteiger partial charge in [0.2, 0.25) is 10.0 Å². The lowest BCUT2D eigenvalue weighted by atomic mass is 10.1. The monoisotopic (exact) mass is 341 g/mol. The van der Waals surface area contributed by atoms with Gasteiger partial charge in [-0.15, -0.1) is 0 Å². The summed E-state index contributed by atoms with van der Waals surface area (Å²) >= 11 is 0. The molecule has 0 spiro atoms. The molecule has 0 bridgehead atoms. The third-order valence-electron chi connectivity index (χ3n) is 4.50. The maximum Gasteiger partial charge on any atom is 0.243 e. The molecule has 6 heteroatoms. The van der Waals surface area contributed by atoms with E-state index in [-0.39, 0.29) is 0 Å². The molecular formula is C18H19N3O2S. The van der Waals surface area contributed by atoms with Crippen LogP contribution < -0.4 is 5.32 Å². The highest BCUT2D eigenvalue weighted by Gasteiger charge is 2.25. The zero-order valence-electron chi connectivity index (χ0n) is 13.3. The number of nitrogens with one attached hydrogen (secondary N) is 1. The van der Waals surface area contributed by atoms with Gasteiger partial charge in [0.05, 0.1) is 10.4 Å².